The van der Waals surface area contributed by atoms with Crippen LogP contribution in [0.3, 0.4) is 0 Å². The number of benzene rings is 1. The molecule has 0 bridgehead atoms. The normalized spacial score (nSPS) is 25.7. The molecule has 0 radical (unpaired) electrons. The Balaban J connectivity index is 1.66. The summed E-state index contributed by atoms with van der Waals surface area (Å²) in [6.45, 7) is 0.193. The third-order valence-corrected chi connectivity index (χ3v) is 10.9. The highest BCUT2D eigenvalue weighted by Gasteiger charge is 2.50. The number of fused-ring (bicyclic) bond motifs is 1. The van der Waals surface area contributed by atoms with E-state index in [2.05, 4.69) is 0 Å². The lowest BCUT2D eigenvalue weighted by atomic mass is 9.88. The zero-order valence-corrected chi connectivity index (χ0v) is 16.7. The largest absolute Gasteiger partial charge is 0.243 e. The van der Waals surface area contributed by atoms with Gasteiger partial charge >= 0.3 is 0 Å². The maximum absolute atomic E-state index is 13.2. The summed E-state index contributed by atoms with van der Waals surface area (Å²) in [5.74, 6) is -0.0584. The zero-order chi connectivity index (χ0) is 18.4. The van der Waals surface area contributed by atoms with Gasteiger partial charge in [0.2, 0.25) is 10.0 Å². The number of hydrogen-bond donors (Lipinski definition) is 0. The molecule has 0 atom stereocenters. The number of sulfone groups is 1. The summed E-state index contributed by atoms with van der Waals surface area (Å²) < 4.78 is 52.5. The minimum Gasteiger partial charge on any atom is -0.228 e. The number of rotatable bonds is 2. The topological polar surface area (TPSA) is 71.5 Å². The van der Waals surface area contributed by atoms with Crippen molar-refractivity contribution in [3.8, 4) is 0 Å². The Morgan fingerprint density at radius 2 is 1.62 bits per heavy atom. The van der Waals surface area contributed by atoms with Gasteiger partial charge in [-0.05, 0) is 61.8 Å². The molecule has 1 heterocycles. The molecule has 7 heteroatoms. The van der Waals surface area contributed by atoms with Gasteiger partial charge in [0.25, 0.3) is 0 Å². The van der Waals surface area contributed by atoms with Crippen molar-refractivity contribution in [2.75, 3.05) is 18.8 Å². The number of aryl methyl sites for hydroxylation is 2. The van der Waals surface area contributed by atoms with Crippen LogP contribution in [0.2, 0.25) is 0 Å². The van der Waals surface area contributed by atoms with Crippen LogP contribution in [0.1, 0.15) is 56.1 Å². The number of nitrogens with zero attached hydrogens (tertiary/aromatic N) is 1. The van der Waals surface area contributed by atoms with Crippen LogP contribution in [-0.2, 0) is 32.7 Å². The van der Waals surface area contributed by atoms with E-state index in [-0.39, 0.29) is 18.8 Å². The van der Waals surface area contributed by atoms with E-state index in [9.17, 15) is 16.8 Å². The molecule has 26 heavy (non-hydrogen) atoms. The standard InChI is InChI=1S/C19H27NO4S2/c21-25(22)13-12-20(15-19(25)10-4-1-5-11-19)26(23,24)18-9-8-16-6-2-3-7-17(16)14-18/h8-9,14H,1-7,10-13,15H2. The maximum Gasteiger partial charge on any atom is 0.243 e. The summed E-state index contributed by atoms with van der Waals surface area (Å²) in [5.41, 5.74) is 2.38. The highest BCUT2D eigenvalue weighted by molar-refractivity contribution is 7.93. The molecule has 0 amide bonds. The zero-order valence-electron chi connectivity index (χ0n) is 15.1. The van der Waals surface area contributed by atoms with Crippen molar-refractivity contribution < 1.29 is 16.8 Å². The molecular weight excluding hydrogens is 370 g/mol. The summed E-state index contributed by atoms with van der Waals surface area (Å²) in [4.78, 5) is 0.323. The van der Waals surface area contributed by atoms with E-state index < -0.39 is 24.6 Å². The van der Waals surface area contributed by atoms with Gasteiger partial charge in [0, 0.05) is 13.1 Å². The molecule has 2 aliphatic carbocycles. The molecule has 1 aromatic rings. The van der Waals surface area contributed by atoms with Crippen LogP contribution in [-0.4, -0.2) is 44.7 Å². The molecule has 1 saturated carbocycles. The van der Waals surface area contributed by atoms with Gasteiger partial charge in [0.1, 0.15) is 0 Å². The van der Waals surface area contributed by atoms with Crippen molar-refractivity contribution in [1.82, 2.24) is 4.31 Å². The smallest absolute Gasteiger partial charge is 0.228 e. The Kier molecular flexibility index (Phi) is 4.68. The Hall–Kier alpha value is -0.920. The van der Waals surface area contributed by atoms with Gasteiger partial charge in [-0.15, -0.1) is 0 Å². The predicted octanol–water partition coefficient (Wildman–Crippen LogP) is 2.69. The first-order chi connectivity index (χ1) is 12.3. The van der Waals surface area contributed by atoms with Gasteiger partial charge in [-0.3, -0.25) is 0 Å². The van der Waals surface area contributed by atoms with E-state index in [4.69, 9.17) is 0 Å². The van der Waals surface area contributed by atoms with E-state index in [0.717, 1.165) is 50.5 Å². The second-order valence-corrected chi connectivity index (χ2v) is 12.5. The minimum absolute atomic E-state index is 0.0584. The van der Waals surface area contributed by atoms with E-state index >= 15 is 0 Å². The highest BCUT2D eigenvalue weighted by Crippen LogP contribution is 2.40. The van der Waals surface area contributed by atoms with Crippen molar-refractivity contribution in [2.24, 2.45) is 0 Å². The molecule has 0 unspecified atom stereocenters. The Morgan fingerprint density at radius 3 is 2.35 bits per heavy atom. The highest BCUT2D eigenvalue weighted by atomic mass is 32.2. The fraction of sp³-hybridized carbons (Fsp3) is 0.684. The molecule has 3 aliphatic rings. The quantitative estimate of drug-likeness (QED) is 0.769. The maximum atomic E-state index is 13.2. The average molecular weight is 398 g/mol. The molecule has 5 nitrogen and oxygen atoms in total. The van der Waals surface area contributed by atoms with Crippen molar-refractivity contribution >= 4 is 19.9 Å². The van der Waals surface area contributed by atoms with Crippen molar-refractivity contribution in [3.05, 3.63) is 29.3 Å². The molecule has 1 spiro atoms. The summed E-state index contributed by atoms with van der Waals surface area (Å²) in [6.07, 6.45) is 8.15. The second-order valence-electron chi connectivity index (χ2n) is 8.04. The summed E-state index contributed by atoms with van der Waals surface area (Å²) in [7, 11) is -6.89. The van der Waals surface area contributed by atoms with E-state index in [0.29, 0.717) is 17.7 Å². The van der Waals surface area contributed by atoms with Crippen molar-refractivity contribution in [1.29, 1.82) is 0 Å². The van der Waals surface area contributed by atoms with E-state index in [1.54, 1.807) is 6.07 Å². The van der Waals surface area contributed by atoms with E-state index in [1.807, 2.05) is 12.1 Å². The summed E-state index contributed by atoms with van der Waals surface area (Å²) in [6, 6.07) is 5.47. The van der Waals surface area contributed by atoms with Crippen LogP contribution in [0.15, 0.2) is 23.1 Å². The fourth-order valence-corrected chi connectivity index (χ4v) is 8.76. The SMILES string of the molecule is O=S(=O)(c1ccc2c(c1)CCCC2)N1CCS(=O)(=O)C2(CCCCC2)C1. The molecule has 0 N–H and O–H groups in total. The van der Waals surface area contributed by atoms with Crippen molar-refractivity contribution in [3.63, 3.8) is 0 Å². The number of hydrogen-bond acceptors (Lipinski definition) is 4. The van der Waals surface area contributed by atoms with Gasteiger partial charge < -0.3 is 0 Å². The van der Waals surface area contributed by atoms with Crippen LogP contribution < -0.4 is 0 Å². The summed E-state index contributed by atoms with van der Waals surface area (Å²) >= 11 is 0. The molecule has 144 valence electrons. The minimum atomic E-state index is -3.65. The van der Waals surface area contributed by atoms with Gasteiger partial charge in [-0.1, -0.05) is 25.3 Å². The van der Waals surface area contributed by atoms with Gasteiger partial charge in [-0.25, -0.2) is 16.8 Å². The monoisotopic (exact) mass is 397 g/mol. The molecule has 4 rings (SSSR count). The Labute approximate surface area is 156 Å². The fourth-order valence-electron chi connectivity index (χ4n) is 4.83. The van der Waals surface area contributed by atoms with Crippen molar-refractivity contribution in [2.45, 2.75) is 67.4 Å². The van der Waals surface area contributed by atoms with Gasteiger partial charge in [-0.2, -0.15) is 4.31 Å². The first-order valence-electron chi connectivity index (χ1n) is 9.68. The third kappa shape index (κ3) is 3.02. The first kappa shape index (κ1) is 18.4. The third-order valence-electron chi connectivity index (χ3n) is 6.46. The molecule has 0 aromatic heterocycles. The second kappa shape index (κ2) is 6.60. The first-order valence-corrected chi connectivity index (χ1v) is 12.8. The summed E-state index contributed by atoms with van der Waals surface area (Å²) in [5, 5.41) is 0. The van der Waals surface area contributed by atoms with Crippen LogP contribution in [0.25, 0.3) is 0 Å². The van der Waals surface area contributed by atoms with Crippen LogP contribution in [0.5, 0.6) is 0 Å². The lowest BCUT2D eigenvalue weighted by Gasteiger charge is -2.43. The lowest BCUT2D eigenvalue weighted by Crippen LogP contribution is -2.58. The van der Waals surface area contributed by atoms with Gasteiger partial charge in [0.15, 0.2) is 9.84 Å². The Bertz CT molecular complexity index is 899. The molecule has 1 aromatic carbocycles. The average Bonchev–Trinajstić information content (AvgIpc) is 2.64. The molecule has 2 fully saturated rings. The van der Waals surface area contributed by atoms with Crippen LogP contribution in [0.4, 0.5) is 0 Å². The van der Waals surface area contributed by atoms with Gasteiger partial charge in [0.05, 0.1) is 15.4 Å². The number of sulfonamides is 1. The van der Waals surface area contributed by atoms with E-state index in [1.165, 1.54) is 9.87 Å². The van der Waals surface area contributed by atoms with Crippen LogP contribution in [0, 0.1) is 0 Å². The lowest BCUT2D eigenvalue weighted by molar-refractivity contribution is 0.284. The molecule has 1 saturated heterocycles. The molecular formula is C19H27NO4S2. The predicted molar refractivity (Wildman–Crippen MR) is 101 cm³/mol. The Morgan fingerprint density at radius 1 is 0.923 bits per heavy atom. The van der Waals surface area contributed by atoms with Crippen LogP contribution >= 0.6 is 0 Å². The molecule has 1 aliphatic heterocycles.